The maximum atomic E-state index is 13.6. The summed E-state index contributed by atoms with van der Waals surface area (Å²) in [5.74, 6) is 0.740. The Bertz CT molecular complexity index is 1370. The lowest BCUT2D eigenvalue weighted by atomic mass is 10.2. The smallest absolute Gasteiger partial charge is 0.415 e. The Morgan fingerprint density at radius 3 is 2.35 bits per heavy atom. The zero-order chi connectivity index (χ0) is 28.7. The summed E-state index contributed by atoms with van der Waals surface area (Å²) in [5, 5.41) is 4.79. The summed E-state index contributed by atoms with van der Waals surface area (Å²) in [6.07, 6.45) is 3.53. The van der Waals surface area contributed by atoms with Crippen LogP contribution in [0.1, 0.15) is 78.0 Å². The van der Waals surface area contributed by atoms with Crippen molar-refractivity contribution in [3.05, 3.63) is 53.9 Å². The molecule has 2 fully saturated rings. The predicted molar refractivity (Wildman–Crippen MR) is 151 cm³/mol. The summed E-state index contributed by atoms with van der Waals surface area (Å²) < 4.78 is 19.5. The second kappa shape index (κ2) is 10.6. The number of carbonyl (C=O) groups is 2. The molecule has 1 aliphatic carbocycles. The molecule has 10 nitrogen and oxygen atoms in total. The largest absolute Gasteiger partial charge is 0.471 e. The van der Waals surface area contributed by atoms with E-state index in [0.717, 1.165) is 24.1 Å². The number of ether oxygens (including phenoxy) is 3. The molecule has 1 saturated heterocycles. The number of rotatable bonds is 6. The van der Waals surface area contributed by atoms with Gasteiger partial charge in [0.15, 0.2) is 5.65 Å². The fraction of sp³-hybridized carbons (Fsp3) is 0.533. The van der Waals surface area contributed by atoms with Gasteiger partial charge < -0.3 is 19.1 Å². The van der Waals surface area contributed by atoms with E-state index in [4.69, 9.17) is 19.3 Å². The molecule has 3 heterocycles. The van der Waals surface area contributed by atoms with E-state index in [1.165, 1.54) is 0 Å². The van der Waals surface area contributed by atoms with Gasteiger partial charge in [-0.1, -0.05) is 30.3 Å². The molecule has 5 rings (SSSR count). The highest BCUT2D eigenvalue weighted by atomic mass is 16.6. The van der Waals surface area contributed by atoms with E-state index in [-0.39, 0.29) is 18.7 Å². The molecule has 2 aromatic heterocycles. The number of hydrogen-bond donors (Lipinski definition) is 0. The number of fused-ring (bicyclic) bond motifs is 1. The molecule has 2 aliphatic rings. The molecule has 0 N–H and O–H groups in total. The summed E-state index contributed by atoms with van der Waals surface area (Å²) in [4.78, 5) is 34.1. The van der Waals surface area contributed by atoms with Crippen molar-refractivity contribution in [3.8, 4) is 5.88 Å². The third kappa shape index (κ3) is 6.66. The van der Waals surface area contributed by atoms with Crippen LogP contribution in [0.5, 0.6) is 5.88 Å². The lowest BCUT2D eigenvalue weighted by molar-refractivity contribution is 0.0274. The molecule has 3 aromatic rings. The molecule has 1 aromatic carbocycles. The van der Waals surface area contributed by atoms with Crippen LogP contribution < -0.4 is 9.64 Å². The van der Waals surface area contributed by atoms with Crippen LogP contribution in [-0.2, 0) is 16.0 Å². The number of benzene rings is 1. The normalized spacial score (nSPS) is 17.6. The van der Waals surface area contributed by atoms with Gasteiger partial charge in [0.2, 0.25) is 5.88 Å². The summed E-state index contributed by atoms with van der Waals surface area (Å²) in [7, 11) is 0. The topological polar surface area (TPSA) is 98.5 Å². The molecule has 40 heavy (non-hydrogen) atoms. The van der Waals surface area contributed by atoms with Gasteiger partial charge in [-0.15, -0.1) is 5.10 Å². The average molecular weight is 550 g/mol. The van der Waals surface area contributed by atoms with Crippen LogP contribution in [0, 0.1) is 0 Å². The fourth-order valence-corrected chi connectivity index (χ4v) is 4.68. The van der Waals surface area contributed by atoms with Crippen LogP contribution in [0.3, 0.4) is 0 Å². The van der Waals surface area contributed by atoms with Gasteiger partial charge in [-0.25, -0.2) is 19.1 Å². The van der Waals surface area contributed by atoms with Gasteiger partial charge in [-0.05, 0) is 59.9 Å². The molecule has 1 aliphatic heterocycles. The van der Waals surface area contributed by atoms with E-state index in [2.05, 4.69) is 4.98 Å². The van der Waals surface area contributed by atoms with Crippen molar-refractivity contribution in [1.29, 1.82) is 0 Å². The quantitative estimate of drug-likeness (QED) is 0.375. The minimum atomic E-state index is -0.682. The molecule has 0 spiro atoms. The Morgan fingerprint density at radius 2 is 1.70 bits per heavy atom. The van der Waals surface area contributed by atoms with E-state index >= 15 is 0 Å². The molecule has 0 bridgehead atoms. The molecule has 10 heteroatoms. The first-order valence-electron chi connectivity index (χ1n) is 13.9. The summed E-state index contributed by atoms with van der Waals surface area (Å²) in [6.45, 7) is 12.3. The number of likely N-dealkylation sites (tertiary alicyclic amines) is 1. The Hall–Kier alpha value is -3.82. The minimum absolute atomic E-state index is 0.262. The second-order valence-electron chi connectivity index (χ2n) is 12.6. The van der Waals surface area contributed by atoms with Crippen LogP contribution >= 0.6 is 0 Å². The average Bonchev–Trinajstić information content (AvgIpc) is 3.43. The number of anilines is 1. The number of amides is 2. The molecular formula is C30H39N5O5. The Labute approximate surface area is 235 Å². The minimum Gasteiger partial charge on any atom is -0.471 e. The molecular weight excluding hydrogens is 510 g/mol. The van der Waals surface area contributed by atoms with E-state index in [1.807, 2.05) is 78.1 Å². The number of aromatic nitrogens is 3. The van der Waals surface area contributed by atoms with Crippen molar-refractivity contribution < 1.29 is 23.8 Å². The summed E-state index contributed by atoms with van der Waals surface area (Å²) >= 11 is 0. The van der Waals surface area contributed by atoms with Gasteiger partial charge in [0.05, 0.1) is 30.7 Å². The van der Waals surface area contributed by atoms with Gasteiger partial charge >= 0.3 is 12.2 Å². The van der Waals surface area contributed by atoms with E-state index < -0.39 is 17.3 Å². The van der Waals surface area contributed by atoms with Crippen molar-refractivity contribution in [2.24, 2.45) is 0 Å². The number of imidazole rings is 1. The fourth-order valence-electron chi connectivity index (χ4n) is 4.68. The van der Waals surface area contributed by atoms with Crippen molar-refractivity contribution in [3.63, 3.8) is 0 Å². The maximum absolute atomic E-state index is 13.6. The van der Waals surface area contributed by atoms with Gasteiger partial charge in [-0.2, -0.15) is 0 Å². The lowest BCUT2D eigenvalue weighted by Crippen LogP contribution is -2.37. The van der Waals surface area contributed by atoms with E-state index in [1.54, 1.807) is 20.4 Å². The number of carbonyl (C=O) groups excluding carboxylic acids is 2. The van der Waals surface area contributed by atoms with Gasteiger partial charge in [0.25, 0.3) is 0 Å². The molecule has 0 unspecified atom stereocenters. The van der Waals surface area contributed by atoms with E-state index in [9.17, 15) is 9.59 Å². The van der Waals surface area contributed by atoms with Crippen molar-refractivity contribution in [2.45, 2.75) is 90.6 Å². The number of nitrogens with zero attached hydrogens (tertiary/aromatic N) is 5. The SMILES string of the molecule is CC(C)(C)OC(=O)N1CC[C@H](Oc2cc(N(Cc3ccccc3)C(=O)OC(C)(C)C)c3ncc(C4CC4)n3n2)C1. The first kappa shape index (κ1) is 27.7. The Morgan fingerprint density at radius 1 is 1.00 bits per heavy atom. The predicted octanol–water partition coefficient (Wildman–Crippen LogP) is 5.94. The molecule has 214 valence electrons. The van der Waals surface area contributed by atoms with Gasteiger partial charge in [0.1, 0.15) is 17.3 Å². The van der Waals surface area contributed by atoms with Crippen LogP contribution in [0.25, 0.3) is 5.65 Å². The van der Waals surface area contributed by atoms with Crippen LogP contribution in [-0.4, -0.2) is 62.1 Å². The van der Waals surface area contributed by atoms with Crippen molar-refractivity contribution in [1.82, 2.24) is 19.5 Å². The Kier molecular flexibility index (Phi) is 7.37. The van der Waals surface area contributed by atoms with Crippen molar-refractivity contribution in [2.75, 3.05) is 18.0 Å². The molecule has 0 radical (unpaired) electrons. The third-order valence-corrected chi connectivity index (χ3v) is 6.62. The zero-order valence-corrected chi connectivity index (χ0v) is 24.2. The van der Waals surface area contributed by atoms with Crippen molar-refractivity contribution >= 4 is 23.5 Å². The first-order valence-corrected chi connectivity index (χ1v) is 13.9. The van der Waals surface area contributed by atoms with Gasteiger partial charge in [-0.3, -0.25) is 4.90 Å². The molecule has 1 saturated carbocycles. The summed E-state index contributed by atoms with van der Waals surface area (Å²) in [6, 6.07) is 11.5. The highest BCUT2D eigenvalue weighted by Gasteiger charge is 2.34. The molecule has 2 amide bonds. The highest BCUT2D eigenvalue weighted by Crippen LogP contribution is 2.41. The monoisotopic (exact) mass is 549 g/mol. The summed E-state index contributed by atoms with van der Waals surface area (Å²) in [5.41, 5.74) is 1.81. The maximum Gasteiger partial charge on any atom is 0.415 e. The van der Waals surface area contributed by atoms with Crippen LogP contribution in [0.2, 0.25) is 0 Å². The van der Waals surface area contributed by atoms with Crippen LogP contribution in [0.15, 0.2) is 42.6 Å². The standard InChI is InChI=1S/C30H39N5O5/c1-29(2,3)39-27(36)33-15-14-22(19-33)38-25-16-23(26-31-17-24(21-12-13-21)35(26)32-25)34(28(37)40-30(4,5)6)18-20-10-8-7-9-11-20/h7-11,16-17,21-22H,12-15,18-19H2,1-6H3/t22-/m0/s1. The Balaban J connectivity index is 1.48. The van der Waals surface area contributed by atoms with Gasteiger partial charge in [0, 0.05) is 24.9 Å². The molecule has 1 atom stereocenters. The van der Waals surface area contributed by atoms with E-state index in [0.29, 0.717) is 42.6 Å². The first-order chi connectivity index (χ1) is 18.9. The highest BCUT2D eigenvalue weighted by molar-refractivity contribution is 5.92. The van der Waals surface area contributed by atoms with Crippen LogP contribution in [0.4, 0.5) is 15.3 Å². The number of hydrogen-bond acceptors (Lipinski definition) is 7. The second-order valence-corrected chi connectivity index (χ2v) is 12.6. The lowest BCUT2D eigenvalue weighted by Gasteiger charge is -2.28. The zero-order valence-electron chi connectivity index (χ0n) is 24.2. The third-order valence-electron chi connectivity index (χ3n) is 6.62.